The Bertz CT molecular complexity index is 1380. The van der Waals surface area contributed by atoms with Crippen molar-refractivity contribution in [3.63, 3.8) is 0 Å². The molecule has 3 N–H and O–H groups in total. The predicted molar refractivity (Wildman–Crippen MR) is 157 cm³/mol. The fourth-order valence-electron chi connectivity index (χ4n) is 3.76. The largest absolute Gasteiger partial charge is 0.493 e. The van der Waals surface area contributed by atoms with Gasteiger partial charge in [0.05, 0.1) is 33.6 Å². The lowest BCUT2D eigenvalue weighted by Crippen LogP contribution is -2.42. The standard InChI is InChI=1S/C26H22Cl4N4O3S/c1-38-31-9-4-10-37-21-8-7-14(27)11-17(21)25(35)34-24-26(36)32-20-6-3-2-5-16(20)23(33-24)22-18(29)12-15(28)13-19(22)30/h2-3,5-8,11-13,24,31H,4,9-10H2,1H3,(H,32,36)(H,34,35). The van der Waals surface area contributed by atoms with E-state index in [1.165, 1.54) is 30.1 Å². The SMILES string of the molecule is CSNCCCOc1ccc(Cl)cc1C(=O)NC1N=C(c2c(Cl)cc(Cl)cc2Cl)c2ccccc2NC1=O. The molecule has 198 valence electrons. The average Bonchev–Trinajstić information content (AvgIpc) is 3.00. The maximum absolute atomic E-state index is 13.4. The van der Waals surface area contributed by atoms with Gasteiger partial charge in [-0.3, -0.25) is 14.3 Å². The molecule has 1 heterocycles. The summed E-state index contributed by atoms with van der Waals surface area (Å²) < 4.78 is 8.96. The summed E-state index contributed by atoms with van der Waals surface area (Å²) in [6, 6.07) is 14.8. The number of halogens is 4. The van der Waals surface area contributed by atoms with Gasteiger partial charge in [-0.2, -0.15) is 0 Å². The van der Waals surface area contributed by atoms with Gasteiger partial charge in [-0.1, -0.05) is 76.6 Å². The number of benzene rings is 3. The van der Waals surface area contributed by atoms with Gasteiger partial charge in [0.25, 0.3) is 11.8 Å². The van der Waals surface area contributed by atoms with Crippen LogP contribution in [0.4, 0.5) is 5.69 Å². The Kier molecular flexibility index (Phi) is 9.81. The van der Waals surface area contributed by atoms with Gasteiger partial charge in [0.1, 0.15) is 5.75 Å². The Labute approximate surface area is 244 Å². The van der Waals surface area contributed by atoms with Gasteiger partial charge < -0.3 is 15.4 Å². The summed E-state index contributed by atoms with van der Waals surface area (Å²) in [7, 11) is 0. The molecule has 0 aliphatic carbocycles. The Morgan fingerprint density at radius 2 is 1.79 bits per heavy atom. The summed E-state index contributed by atoms with van der Waals surface area (Å²) in [6.07, 6.45) is 1.35. The molecule has 0 bridgehead atoms. The molecule has 0 saturated heterocycles. The first-order valence-corrected chi connectivity index (χ1v) is 14.1. The van der Waals surface area contributed by atoms with E-state index in [2.05, 4.69) is 20.3 Å². The number of aliphatic imine (C=N–C) groups is 1. The molecule has 1 aliphatic heterocycles. The highest BCUT2D eigenvalue weighted by molar-refractivity contribution is 7.96. The van der Waals surface area contributed by atoms with Crippen LogP contribution >= 0.6 is 58.4 Å². The average molecular weight is 612 g/mol. The first-order chi connectivity index (χ1) is 18.3. The summed E-state index contributed by atoms with van der Waals surface area (Å²) in [5.41, 5.74) is 1.94. The number of nitrogens with zero attached hydrogens (tertiary/aromatic N) is 1. The number of nitrogens with one attached hydrogen (secondary N) is 3. The lowest BCUT2D eigenvalue weighted by atomic mass is 10.0. The number of ether oxygens (including phenoxy) is 1. The van der Waals surface area contributed by atoms with Crippen molar-refractivity contribution in [2.24, 2.45) is 4.99 Å². The minimum absolute atomic E-state index is 0.171. The Balaban J connectivity index is 1.68. The number of amides is 2. The summed E-state index contributed by atoms with van der Waals surface area (Å²) in [4.78, 5) is 31.2. The van der Waals surface area contributed by atoms with Crippen molar-refractivity contribution in [3.05, 3.63) is 91.4 Å². The van der Waals surface area contributed by atoms with E-state index >= 15 is 0 Å². The number of benzodiazepines with no additional fused rings is 1. The minimum Gasteiger partial charge on any atom is -0.493 e. The highest BCUT2D eigenvalue weighted by Crippen LogP contribution is 2.34. The third-order valence-corrected chi connectivity index (χ3v) is 7.01. The molecule has 1 unspecified atom stereocenters. The second kappa shape index (κ2) is 13.1. The van der Waals surface area contributed by atoms with Crippen LogP contribution in [-0.4, -0.2) is 43.1 Å². The van der Waals surface area contributed by atoms with Crippen LogP contribution in [0.5, 0.6) is 5.75 Å². The van der Waals surface area contributed by atoms with E-state index in [0.29, 0.717) is 44.9 Å². The van der Waals surface area contributed by atoms with Crippen molar-refractivity contribution in [2.45, 2.75) is 12.6 Å². The van der Waals surface area contributed by atoms with E-state index in [-0.39, 0.29) is 15.6 Å². The number of carbonyl (C=O) groups is 2. The first-order valence-electron chi connectivity index (χ1n) is 11.4. The van der Waals surface area contributed by atoms with E-state index in [1.54, 1.807) is 36.4 Å². The molecule has 0 radical (unpaired) electrons. The first kappa shape index (κ1) is 28.5. The number of hydrogen-bond acceptors (Lipinski definition) is 6. The summed E-state index contributed by atoms with van der Waals surface area (Å²) >= 11 is 26.8. The predicted octanol–water partition coefficient (Wildman–Crippen LogP) is 6.48. The van der Waals surface area contributed by atoms with Crippen LogP contribution in [-0.2, 0) is 4.79 Å². The Morgan fingerprint density at radius 1 is 1.05 bits per heavy atom. The fourth-order valence-corrected chi connectivity index (χ4v) is 5.27. The quantitative estimate of drug-likeness (QED) is 0.190. The summed E-state index contributed by atoms with van der Waals surface area (Å²) in [6.45, 7) is 1.12. The van der Waals surface area contributed by atoms with E-state index in [9.17, 15) is 9.59 Å². The normalized spacial score (nSPS) is 14.7. The third kappa shape index (κ3) is 6.75. The number of rotatable bonds is 9. The van der Waals surface area contributed by atoms with Crippen LogP contribution in [0.1, 0.15) is 27.9 Å². The van der Waals surface area contributed by atoms with Crippen molar-refractivity contribution in [1.29, 1.82) is 0 Å². The van der Waals surface area contributed by atoms with Crippen LogP contribution in [0.25, 0.3) is 0 Å². The van der Waals surface area contributed by atoms with Crippen LogP contribution < -0.4 is 20.1 Å². The fraction of sp³-hybridized carbons (Fsp3) is 0.192. The molecular weight excluding hydrogens is 590 g/mol. The van der Waals surface area contributed by atoms with E-state index in [0.717, 1.165) is 13.0 Å². The number of hydrogen-bond donors (Lipinski definition) is 3. The second-order valence-corrected chi connectivity index (χ2v) is 10.5. The van der Waals surface area contributed by atoms with Crippen LogP contribution in [0.3, 0.4) is 0 Å². The molecule has 3 aromatic rings. The maximum atomic E-state index is 13.4. The number of carbonyl (C=O) groups excluding carboxylic acids is 2. The minimum atomic E-state index is -1.31. The summed E-state index contributed by atoms with van der Waals surface area (Å²) in [5.74, 6) is -0.803. The number of fused-ring (bicyclic) bond motifs is 1. The Hall–Kier alpha value is -2.46. The smallest absolute Gasteiger partial charge is 0.269 e. The zero-order valence-corrected chi connectivity index (χ0v) is 23.8. The van der Waals surface area contributed by atoms with Crippen molar-refractivity contribution in [3.8, 4) is 5.75 Å². The zero-order valence-electron chi connectivity index (χ0n) is 20.0. The lowest BCUT2D eigenvalue weighted by Gasteiger charge is -2.16. The van der Waals surface area contributed by atoms with E-state index in [4.69, 9.17) is 51.1 Å². The molecule has 0 fully saturated rings. The van der Waals surface area contributed by atoms with Gasteiger partial charge >= 0.3 is 0 Å². The van der Waals surface area contributed by atoms with Crippen LogP contribution in [0.15, 0.2) is 59.6 Å². The molecule has 3 aromatic carbocycles. The molecule has 0 spiro atoms. The van der Waals surface area contributed by atoms with Gasteiger partial charge in [0.2, 0.25) is 6.17 Å². The molecule has 0 saturated carbocycles. The molecule has 38 heavy (non-hydrogen) atoms. The molecule has 1 aliphatic rings. The van der Waals surface area contributed by atoms with E-state index in [1.807, 2.05) is 6.26 Å². The number of para-hydroxylation sites is 1. The van der Waals surface area contributed by atoms with Crippen LogP contribution in [0.2, 0.25) is 20.1 Å². The van der Waals surface area contributed by atoms with Crippen LogP contribution in [0, 0.1) is 0 Å². The molecule has 2 amide bonds. The van der Waals surface area contributed by atoms with Crippen molar-refractivity contribution >= 4 is 81.6 Å². The third-order valence-electron chi connectivity index (χ3n) is 5.47. The highest BCUT2D eigenvalue weighted by Gasteiger charge is 2.30. The van der Waals surface area contributed by atoms with Gasteiger partial charge in [0.15, 0.2) is 0 Å². The topological polar surface area (TPSA) is 91.8 Å². The zero-order chi connectivity index (χ0) is 27.2. The molecule has 4 rings (SSSR count). The molecule has 0 aromatic heterocycles. The molecule has 12 heteroatoms. The van der Waals surface area contributed by atoms with Gasteiger partial charge in [-0.25, -0.2) is 4.99 Å². The van der Waals surface area contributed by atoms with Crippen molar-refractivity contribution in [1.82, 2.24) is 10.0 Å². The molecular formula is C26H22Cl4N4O3S. The molecule has 7 nitrogen and oxygen atoms in total. The molecule has 1 atom stereocenters. The van der Waals surface area contributed by atoms with Crippen molar-refractivity contribution in [2.75, 3.05) is 24.7 Å². The second-order valence-electron chi connectivity index (χ2n) is 8.07. The lowest BCUT2D eigenvalue weighted by molar-refractivity contribution is -0.117. The monoisotopic (exact) mass is 610 g/mol. The van der Waals surface area contributed by atoms with E-state index < -0.39 is 18.0 Å². The highest BCUT2D eigenvalue weighted by atomic mass is 35.5. The summed E-state index contributed by atoms with van der Waals surface area (Å²) in [5, 5.41) is 6.68. The Morgan fingerprint density at radius 3 is 2.53 bits per heavy atom. The number of anilines is 1. The van der Waals surface area contributed by atoms with Gasteiger partial charge in [0, 0.05) is 27.7 Å². The van der Waals surface area contributed by atoms with Gasteiger partial charge in [-0.05, 0) is 49.1 Å². The van der Waals surface area contributed by atoms with Gasteiger partial charge in [-0.15, -0.1) is 0 Å². The van der Waals surface area contributed by atoms with Crippen molar-refractivity contribution < 1.29 is 14.3 Å². The maximum Gasteiger partial charge on any atom is 0.269 e.